The summed E-state index contributed by atoms with van der Waals surface area (Å²) in [7, 11) is 1.03. The Kier molecular flexibility index (Phi) is 7.88. The van der Waals surface area contributed by atoms with E-state index in [2.05, 4.69) is 5.32 Å². The largest absolute Gasteiger partial charge is 0.466 e. The maximum Gasteiger partial charge on any atom is 0.416 e. The second-order valence-corrected chi connectivity index (χ2v) is 7.58. The van der Waals surface area contributed by atoms with Crippen molar-refractivity contribution in [2.45, 2.75) is 50.9 Å². The molecule has 0 bridgehead atoms. The number of hydrogen-bond acceptors (Lipinski definition) is 4. The monoisotopic (exact) mass is 480 g/mol. The number of halogens is 7. The third kappa shape index (κ3) is 5.97. The lowest BCUT2D eigenvalue weighted by atomic mass is 9.78. The fraction of sp³-hybridized carbons (Fsp3) is 0.429. The molecule has 0 aromatic heterocycles. The molecule has 0 fully saturated rings. The van der Waals surface area contributed by atoms with E-state index in [-0.39, 0.29) is 52.4 Å². The van der Waals surface area contributed by atoms with Crippen molar-refractivity contribution < 1.29 is 35.9 Å². The lowest BCUT2D eigenvalue weighted by Crippen LogP contribution is -2.30. The lowest BCUT2D eigenvalue weighted by molar-refractivity contribution is -0.139. The standard InChI is InChI=1S/C21H19ClF6N2O2/c1-11-14(10-29)17(13-7-6-12(22)9-15(13)21(26,27)28)18(19(31)32-2)16(30-11)5-3-4-8-20(23,24)25/h6-7,9,17,30H,3-5,8H2,1-2H3. The van der Waals surface area contributed by atoms with E-state index in [9.17, 15) is 36.4 Å². The van der Waals surface area contributed by atoms with Gasteiger partial charge in [0.15, 0.2) is 0 Å². The van der Waals surface area contributed by atoms with E-state index in [0.717, 1.165) is 13.2 Å². The summed E-state index contributed by atoms with van der Waals surface area (Å²) in [5.41, 5.74) is -1.60. The Labute approximate surface area is 185 Å². The molecule has 4 nitrogen and oxygen atoms in total. The number of carbonyl (C=O) groups is 1. The highest BCUT2D eigenvalue weighted by molar-refractivity contribution is 6.30. The van der Waals surface area contributed by atoms with E-state index in [4.69, 9.17) is 16.3 Å². The SMILES string of the molecule is COC(=O)C1=C(CCCCC(F)(F)F)NC(C)=C(C#N)C1c1ccc(Cl)cc1C(F)(F)F. The number of dihydropyridines is 1. The Morgan fingerprint density at radius 3 is 2.41 bits per heavy atom. The smallest absolute Gasteiger partial charge is 0.416 e. The molecule has 0 saturated carbocycles. The number of carbonyl (C=O) groups excluding carboxylic acids is 1. The third-order valence-corrected chi connectivity index (χ3v) is 5.17. The summed E-state index contributed by atoms with van der Waals surface area (Å²) >= 11 is 5.75. The number of nitrogens with one attached hydrogen (secondary N) is 1. The number of rotatable bonds is 6. The number of nitriles is 1. The molecular formula is C21H19ClF6N2O2. The van der Waals surface area contributed by atoms with Crippen LogP contribution in [0.4, 0.5) is 26.3 Å². The first-order valence-corrected chi connectivity index (χ1v) is 9.80. The molecule has 1 heterocycles. The summed E-state index contributed by atoms with van der Waals surface area (Å²) in [5.74, 6) is -2.42. The fourth-order valence-electron chi connectivity index (χ4n) is 3.56. The van der Waals surface area contributed by atoms with Gasteiger partial charge in [-0.15, -0.1) is 0 Å². The number of allylic oxidation sites excluding steroid dienone is 3. The summed E-state index contributed by atoms with van der Waals surface area (Å²) in [6.45, 7) is 1.44. The molecule has 32 heavy (non-hydrogen) atoms. The highest BCUT2D eigenvalue weighted by atomic mass is 35.5. The molecule has 0 saturated heterocycles. The second kappa shape index (κ2) is 9.86. The van der Waals surface area contributed by atoms with Crippen LogP contribution in [0, 0.1) is 11.3 Å². The van der Waals surface area contributed by atoms with Crippen molar-refractivity contribution in [1.29, 1.82) is 5.26 Å². The molecule has 1 atom stereocenters. The quantitative estimate of drug-likeness (QED) is 0.291. The summed E-state index contributed by atoms with van der Waals surface area (Å²) in [5, 5.41) is 12.3. The summed E-state index contributed by atoms with van der Waals surface area (Å²) < 4.78 is 83.4. The second-order valence-electron chi connectivity index (χ2n) is 7.14. The molecular weight excluding hydrogens is 462 g/mol. The zero-order valence-corrected chi connectivity index (χ0v) is 17.8. The highest BCUT2D eigenvalue weighted by Crippen LogP contribution is 2.45. The van der Waals surface area contributed by atoms with Crippen molar-refractivity contribution in [3.63, 3.8) is 0 Å². The van der Waals surface area contributed by atoms with Crippen molar-refractivity contribution >= 4 is 17.6 Å². The molecule has 174 valence electrons. The summed E-state index contributed by atoms with van der Waals surface area (Å²) in [6, 6.07) is 4.82. The molecule has 0 radical (unpaired) electrons. The Morgan fingerprint density at radius 1 is 1.22 bits per heavy atom. The Hall–Kier alpha value is -2.67. The first kappa shape index (κ1) is 25.6. The van der Waals surface area contributed by atoms with Crippen molar-refractivity contribution in [3.8, 4) is 6.07 Å². The molecule has 1 N–H and O–H groups in total. The minimum atomic E-state index is -4.84. The van der Waals surface area contributed by atoms with Crippen LogP contribution in [0.15, 0.2) is 40.7 Å². The van der Waals surface area contributed by atoms with E-state index in [1.807, 2.05) is 6.07 Å². The van der Waals surface area contributed by atoms with Crippen LogP contribution in [-0.2, 0) is 15.7 Å². The van der Waals surface area contributed by atoms with Gasteiger partial charge in [-0.2, -0.15) is 31.6 Å². The Bertz CT molecular complexity index is 989. The molecule has 0 spiro atoms. The van der Waals surface area contributed by atoms with Gasteiger partial charge in [0.2, 0.25) is 0 Å². The molecule has 0 amide bonds. The van der Waals surface area contributed by atoms with Gasteiger partial charge in [-0.05, 0) is 43.9 Å². The highest BCUT2D eigenvalue weighted by Gasteiger charge is 2.41. The van der Waals surface area contributed by atoms with Crippen LogP contribution < -0.4 is 5.32 Å². The van der Waals surface area contributed by atoms with E-state index in [1.54, 1.807) is 0 Å². The number of nitrogens with zero attached hydrogens (tertiary/aromatic N) is 1. The van der Waals surface area contributed by atoms with Crippen LogP contribution in [0.3, 0.4) is 0 Å². The van der Waals surface area contributed by atoms with Crippen LogP contribution in [0.5, 0.6) is 0 Å². The normalized spacial score (nSPS) is 17.2. The van der Waals surface area contributed by atoms with E-state index < -0.39 is 36.2 Å². The molecule has 1 aliphatic rings. The van der Waals surface area contributed by atoms with Gasteiger partial charge in [0, 0.05) is 22.8 Å². The van der Waals surface area contributed by atoms with Gasteiger partial charge < -0.3 is 10.1 Å². The van der Waals surface area contributed by atoms with Crippen LogP contribution in [-0.4, -0.2) is 19.3 Å². The minimum absolute atomic E-state index is 0.0109. The zero-order valence-electron chi connectivity index (χ0n) is 17.0. The van der Waals surface area contributed by atoms with Crippen LogP contribution in [0.2, 0.25) is 5.02 Å². The predicted molar refractivity (Wildman–Crippen MR) is 104 cm³/mol. The topological polar surface area (TPSA) is 62.1 Å². The van der Waals surface area contributed by atoms with Gasteiger partial charge in [0.1, 0.15) is 0 Å². The summed E-state index contributed by atoms with van der Waals surface area (Å²) in [6.07, 6.45) is -10.5. The number of methoxy groups -OCH3 is 1. The molecule has 1 unspecified atom stereocenters. The first-order valence-electron chi connectivity index (χ1n) is 9.42. The summed E-state index contributed by atoms with van der Waals surface area (Å²) in [4.78, 5) is 12.6. The molecule has 11 heteroatoms. The van der Waals surface area contributed by atoms with Crippen molar-refractivity contribution in [1.82, 2.24) is 5.32 Å². The number of esters is 1. The number of unbranched alkanes of at least 4 members (excludes halogenated alkanes) is 1. The van der Waals surface area contributed by atoms with Gasteiger partial charge in [0.25, 0.3) is 0 Å². The van der Waals surface area contributed by atoms with Gasteiger partial charge >= 0.3 is 18.3 Å². The Balaban J connectivity index is 2.63. The number of alkyl halides is 6. The molecule has 0 aliphatic carbocycles. The molecule has 1 aromatic rings. The Morgan fingerprint density at radius 2 is 1.88 bits per heavy atom. The molecule has 1 aliphatic heterocycles. The van der Waals surface area contributed by atoms with Crippen LogP contribution in [0.1, 0.15) is 49.7 Å². The van der Waals surface area contributed by atoms with Crippen molar-refractivity contribution in [3.05, 3.63) is 56.9 Å². The van der Waals surface area contributed by atoms with Gasteiger partial charge in [-0.3, -0.25) is 0 Å². The van der Waals surface area contributed by atoms with Crippen LogP contribution >= 0.6 is 11.6 Å². The fourth-order valence-corrected chi connectivity index (χ4v) is 3.73. The van der Waals surface area contributed by atoms with Gasteiger partial charge in [-0.1, -0.05) is 17.7 Å². The first-order chi connectivity index (χ1) is 14.8. The van der Waals surface area contributed by atoms with Crippen molar-refractivity contribution in [2.24, 2.45) is 0 Å². The van der Waals surface area contributed by atoms with E-state index in [1.165, 1.54) is 13.0 Å². The van der Waals surface area contributed by atoms with Crippen LogP contribution in [0.25, 0.3) is 0 Å². The van der Waals surface area contributed by atoms with Gasteiger partial charge in [-0.25, -0.2) is 4.79 Å². The van der Waals surface area contributed by atoms with E-state index >= 15 is 0 Å². The average Bonchev–Trinajstić information content (AvgIpc) is 2.68. The maximum absolute atomic E-state index is 13.8. The maximum atomic E-state index is 13.8. The average molecular weight is 481 g/mol. The van der Waals surface area contributed by atoms with Crippen molar-refractivity contribution in [2.75, 3.05) is 7.11 Å². The number of hydrogen-bond donors (Lipinski definition) is 1. The predicted octanol–water partition coefficient (Wildman–Crippen LogP) is 6.39. The van der Waals surface area contributed by atoms with E-state index in [0.29, 0.717) is 6.07 Å². The lowest BCUT2D eigenvalue weighted by Gasteiger charge is -2.31. The molecule has 1 aromatic carbocycles. The number of benzene rings is 1. The minimum Gasteiger partial charge on any atom is -0.466 e. The number of ether oxygens (including phenoxy) is 1. The zero-order chi connectivity index (χ0) is 24.3. The van der Waals surface area contributed by atoms with Gasteiger partial charge in [0.05, 0.1) is 35.8 Å². The third-order valence-electron chi connectivity index (χ3n) is 4.94. The molecule has 2 rings (SSSR count).